The van der Waals surface area contributed by atoms with Gasteiger partial charge in [-0.1, -0.05) is 47.5 Å². The van der Waals surface area contributed by atoms with Gasteiger partial charge in [0.15, 0.2) is 9.84 Å². The molecule has 0 aliphatic carbocycles. The quantitative estimate of drug-likeness (QED) is 0.464. The number of aromatic nitrogens is 1. The molecule has 1 N–H and O–H groups in total. The molecule has 30 heavy (non-hydrogen) atoms. The highest BCUT2D eigenvalue weighted by atomic mass is 35.5. The highest BCUT2D eigenvalue weighted by Gasteiger charge is 2.17. The highest BCUT2D eigenvalue weighted by molar-refractivity contribution is 8.00. The number of hydrogen-bond donors (Lipinski definition) is 1. The first-order valence-corrected chi connectivity index (χ1v) is 12.3. The lowest BCUT2D eigenvalue weighted by atomic mass is 10.2. The van der Waals surface area contributed by atoms with E-state index in [1.165, 1.54) is 11.8 Å². The van der Waals surface area contributed by atoms with Crippen molar-refractivity contribution in [3.8, 4) is 0 Å². The topological polar surface area (TPSA) is 76.1 Å². The molecule has 3 aromatic rings. The Morgan fingerprint density at radius 3 is 2.50 bits per heavy atom. The minimum absolute atomic E-state index is 0.0530. The van der Waals surface area contributed by atoms with Gasteiger partial charge >= 0.3 is 0 Å². The molecule has 9 heteroatoms. The van der Waals surface area contributed by atoms with Crippen LogP contribution in [0.1, 0.15) is 15.9 Å². The second-order valence-corrected chi connectivity index (χ2v) is 10.3. The van der Waals surface area contributed by atoms with Crippen LogP contribution in [0, 0.1) is 0 Å². The Kier molecular flexibility index (Phi) is 7.77. The first-order valence-electron chi connectivity index (χ1n) is 8.94. The Hall–Kier alpha value is -2.06. The van der Waals surface area contributed by atoms with Gasteiger partial charge in [-0.15, -0.1) is 11.8 Å². The molecule has 0 spiro atoms. The molecule has 0 bridgehead atoms. The van der Waals surface area contributed by atoms with Crippen LogP contribution in [0.2, 0.25) is 10.0 Å². The van der Waals surface area contributed by atoms with Gasteiger partial charge in [0.2, 0.25) is 0 Å². The van der Waals surface area contributed by atoms with Crippen molar-refractivity contribution < 1.29 is 13.2 Å². The first-order chi connectivity index (χ1) is 14.4. The van der Waals surface area contributed by atoms with Crippen LogP contribution in [0.25, 0.3) is 0 Å². The fourth-order valence-corrected chi connectivity index (χ4v) is 5.58. The number of pyridine rings is 1. The van der Waals surface area contributed by atoms with E-state index in [0.717, 1.165) is 5.56 Å². The van der Waals surface area contributed by atoms with Crippen LogP contribution in [0.3, 0.4) is 0 Å². The molecule has 0 saturated heterocycles. The van der Waals surface area contributed by atoms with Gasteiger partial charge in [0.05, 0.1) is 26.3 Å². The molecule has 2 aromatic carbocycles. The minimum Gasteiger partial charge on any atom is -0.348 e. The van der Waals surface area contributed by atoms with Crippen molar-refractivity contribution in [1.29, 1.82) is 0 Å². The van der Waals surface area contributed by atoms with Crippen LogP contribution >= 0.6 is 35.0 Å². The Morgan fingerprint density at radius 2 is 1.77 bits per heavy atom. The number of thioether (sulfide) groups is 1. The predicted octanol–water partition coefficient (Wildman–Crippen LogP) is 4.88. The monoisotopic (exact) mass is 480 g/mol. The molecule has 5 nitrogen and oxygen atoms in total. The van der Waals surface area contributed by atoms with Gasteiger partial charge in [0.1, 0.15) is 5.03 Å². The minimum atomic E-state index is -3.39. The summed E-state index contributed by atoms with van der Waals surface area (Å²) in [6.45, 7) is 0.275. The van der Waals surface area contributed by atoms with Crippen molar-refractivity contribution in [2.75, 3.05) is 11.5 Å². The smallest absolute Gasteiger partial charge is 0.254 e. The Bertz CT molecular complexity index is 1140. The molecule has 1 aromatic heterocycles. The van der Waals surface area contributed by atoms with E-state index in [-0.39, 0.29) is 28.9 Å². The molecular formula is C21H18Cl2N2O3S2. The van der Waals surface area contributed by atoms with E-state index in [4.69, 9.17) is 23.2 Å². The average Bonchev–Trinajstić information content (AvgIpc) is 2.75. The summed E-state index contributed by atoms with van der Waals surface area (Å²) in [7, 11) is -3.39. The number of benzene rings is 2. The second kappa shape index (κ2) is 10.3. The van der Waals surface area contributed by atoms with E-state index in [9.17, 15) is 13.2 Å². The van der Waals surface area contributed by atoms with Crippen molar-refractivity contribution in [3.63, 3.8) is 0 Å². The summed E-state index contributed by atoms with van der Waals surface area (Å²) in [4.78, 5) is 17.2. The third kappa shape index (κ3) is 5.98. The summed E-state index contributed by atoms with van der Waals surface area (Å²) in [6.07, 6.45) is 1.57. The summed E-state index contributed by atoms with van der Waals surface area (Å²) in [5.74, 6) is -0.0771. The molecule has 0 radical (unpaired) electrons. The Labute approximate surface area is 189 Å². The third-order valence-electron chi connectivity index (χ3n) is 4.15. The summed E-state index contributed by atoms with van der Waals surface area (Å²) in [5.41, 5.74) is 1.20. The lowest BCUT2D eigenvalue weighted by Gasteiger charge is -2.10. The molecule has 1 amide bonds. The normalized spacial score (nSPS) is 11.3. The van der Waals surface area contributed by atoms with Crippen LogP contribution in [0.15, 0.2) is 76.8 Å². The molecule has 3 rings (SSSR count). The van der Waals surface area contributed by atoms with Crippen molar-refractivity contribution >= 4 is 50.7 Å². The van der Waals surface area contributed by atoms with Crippen LogP contribution in [-0.2, 0) is 16.4 Å². The largest absolute Gasteiger partial charge is 0.348 e. The molecule has 0 saturated carbocycles. The summed E-state index contributed by atoms with van der Waals surface area (Å²) < 4.78 is 24.8. The van der Waals surface area contributed by atoms with Crippen molar-refractivity contribution in [2.24, 2.45) is 0 Å². The van der Waals surface area contributed by atoms with Crippen LogP contribution in [0.5, 0.6) is 0 Å². The Morgan fingerprint density at radius 1 is 1.00 bits per heavy atom. The molecule has 0 aliphatic heterocycles. The SMILES string of the molecule is O=C(NCc1ccc(Cl)c(Cl)c1)c1cccnc1SCCS(=O)(=O)c1ccccc1. The number of nitrogens with zero attached hydrogens (tertiary/aromatic N) is 1. The number of carbonyl (C=O) groups excluding carboxylic acids is 1. The van der Waals surface area contributed by atoms with Gasteiger partial charge in [0, 0.05) is 18.5 Å². The third-order valence-corrected chi connectivity index (χ3v) is 7.88. The fraction of sp³-hybridized carbons (Fsp3) is 0.143. The lowest BCUT2D eigenvalue weighted by Crippen LogP contribution is -2.23. The van der Waals surface area contributed by atoms with Gasteiger partial charge in [0.25, 0.3) is 5.91 Å². The van der Waals surface area contributed by atoms with Gasteiger partial charge in [-0.05, 0) is 42.0 Å². The molecule has 0 fully saturated rings. The number of sulfone groups is 1. The van der Waals surface area contributed by atoms with E-state index in [1.54, 1.807) is 66.9 Å². The molecule has 1 heterocycles. The standard InChI is InChI=1S/C21H18Cl2N2O3S2/c22-18-9-8-15(13-19(18)23)14-25-20(26)17-7-4-10-24-21(17)29-11-12-30(27,28)16-5-2-1-3-6-16/h1-10,13H,11-12,14H2,(H,25,26). The maximum atomic E-state index is 12.6. The number of rotatable bonds is 8. The predicted molar refractivity (Wildman–Crippen MR) is 121 cm³/mol. The molecule has 0 aliphatic rings. The Balaban J connectivity index is 1.62. The summed E-state index contributed by atoms with van der Waals surface area (Å²) in [6, 6.07) is 16.8. The van der Waals surface area contributed by atoms with E-state index in [1.807, 2.05) is 0 Å². The molecule has 0 atom stereocenters. The van der Waals surface area contributed by atoms with Crippen LogP contribution < -0.4 is 5.32 Å². The zero-order valence-corrected chi connectivity index (χ0v) is 18.9. The zero-order valence-electron chi connectivity index (χ0n) is 15.7. The van der Waals surface area contributed by atoms with Crippen LogP contribution in [-0.4, -0.2) is 30.8 Å². The van der Waals surface area contributed by atoms with Crippen molar-refractivity contribution in [2.45, 2.75) is 16.5 Å². The number of halogens is 2. The maximum Gasteiger partial charge on any atom is 0.254 e. The second-order valence-electron chi connectivity index (χ2n) is 6.27. The number of nitrogens with one attached hydrogen (secondary N) is 1. The number of amides is 1. The van der Waals surface area contributed by atoms with Crippen LogP contribution in [0.4, 0.5) is 0 Å². The lowest BCUT2D eigenvalue weighted by molar-refractivity contribution is 0.0947. The maximum absolute atomic E-state index is 12.6. The van der Waals surface area contributed by atoms with E-state index in [2.05, 4.69) is 10.3 Å². The van der Waals surface area contributed by atoms with Crippen molar-refractivity contribution in [1.82, 2.24) is 10.3 Å². The summed E-state index contributed by atoms with van der Waals surface area (Å²) >= 11 is 13.1. The van der Waals surface area contributed by atoms with Gasteiger partial charge in [-0.2, -0.15) is 0 Å². The van der Waals surface area contributed by atoms with Gasteiger partial charge < -0.3 is 5.32 Å². The molecule has 156 valence electrons. The molecular weight excluding hydrogens is 463 g/mol. The summed E-state index contributed by atoms with van der Waals surface area (Å²) in [5, 5.41) is 4.17. The fourth-order valence-electron chi connectivity index (χ4n) is 2.60. The van der Waals surface area contributed by atoms with Gasteiger partial charge in [-0.3, -0.25) is 4.79 Å². The molecule has 0 unspecified atom stereocenters. The highest BCUT2D eigenvalue weighted by Crippen LogP contribution is 2.24. The first kappa shape index (κ1) is 22.6. The van der Waals surface area contributed by atoms with Gasteiger partial charge in [-0.25, -0.2) is 13.4 Å². The van der Waals surface area contributed by atoms with E-state index >= 15 is 0 Å². The number of carbonyl (C=O) groups is 1. The zero-order chi connectivity index (χ0) is 21.6. The van der Waals surface area contributed by atoms with E-state index in [0.29, 0.717) is 20.6 Å². The van der Waals surface area contributed by atoms with Crippen molar-refractivity contribution in [3.05, 3.63) is 88.0 Å². The average molecular weight is 481 g/mol. The number of hydrogen-bond acceptors (Lipinski definition) is 5. The van der Waals surface area contributed by atoms with E-state index < -0.39 is 9.84 Å².